The van der Waals surface area contributed by atoms with Crippen LogP contribution < -0.4 is 16.2 Å². The van der Waals surface area contributed by atoms with Crippen LogP contribution >= 0.6 is 0 Å². The summed E-state index contributed by atoms with van der Waals surface area (Å²) in [5, 5.41) is 8.31. The number of anilines is 2. The number of nitrogens with two attached hydrogens (primary N) is 2. The summed E-state index contributed by atoms with van der Waals surface area (Å²) in [7, 11) is -3.84. The number of aromatic nitrogens is 1. The maximum absolute atomic E-state index is 11.6. The standard InChI is InChI=1S/C13H16N4O2S/c1-9(10-3-2-6-16-8-10)17-12-5-4-11(14)7-13(12)20(15,18)19/h2-9,17H,14H2,1H3,(H2,15,18,19). The normalized spacial score (nSPS) is 12.9. The number of rotatable bonds is 4. The molecule has 1 heterocycles. The van der Waals surface area contributed by atoms with E-state index in [1.54, 1.807) is 24.5 Å². The van der Waals surface area contributed by atoms with Gasteiger partial charge in [-0.05, 0) is 36.8 Å². The van der Waals surface area contributed by atoms with Crippen molar-refractivity contribution in [2.75, 3.05) is 11.1 Å². The summed E-state index contributed by atoms with van der Waals surface area (Å²) >= 11 is 0. The average Bonchev–Trinajstić information content (AvgIpc) is 2.40. The number of sulfonamides is 1. The van der Waals surface area contributed by atoms with Gasteiger partial charge in [0, 0.05) is 18.1 Å². The molecule has 0 spiro atoms. The number of primary sulfonamides is 1. The number of benzene rings is 1. The first-order chi connectivity index (χ1) is 9.38. The van der Waals surface area contributed by atoms with Crippen molar-refractivity contribution in [3.05, 3.63) is 48.3 Å². The van der Waals surface area contributed by atoms with Crippen LogP contribution in [0.1, 0.15) is 18.5 Å². The molecule has 1 atom stereocenters. The highest BCUT2D eigenvalue weighted by Crippen LogP contribution is 2.26. The summed E-state index contributed by atoms with van der Waals surface area (Å²) in [6.45, 7) is 1.90. The van der Waals surface area contributed by atoms with Gasteiger partial charge >= 0.3 is 0 Å². The maximum Gasteiger partial charge on any atom is 0.240 e. The quantitative estimate of drug-likeness (QED) is 0.739. The van der Waals surface area contributed by atoms with E-state index < -0.39 is 10.0 Å². The molecule has 0 aliphatic carbocycles. The molecular formula is C13H16N4O2S. The Hall–Kier alpha value is -2.12. The summed E-state index contributed by atoms with van der Waals surface area (Å²) < 4.78 is 23.2. The molecule has 0 aliphatic heterocycles. The molecule has 0 aliphatic rings. The molecule has 2 aromatic rings. The van der Waals surface area contributed by atoms with Gasteiger partial charge in [0.2, 0.25) is 10.0 Å². The Bertz CT molecular complexity index is 702. The Morgan fingerprint density at radius 1 is 1.30 bits per heavy atom. The van der Waals surface area contributed by atoms with Crippen LogP contribution in [-0.4, -0.2) is 13.4 Å². The van der Waals surface area contributed by atoms with E-state index in [-0.39, 0.29) is 10.9 Å². The summed E-state index contributed by atoms with van der Waals surface area (Å²) in [5.74, 6) is 0. The van der Waals surface area contributed by atoms with Crippen LogP contribution in [0, 0.1) is 0 Å². The number of hydrogen-bond acceptors (Lipinski definition) is 5. The van der Waals surface area contributed by atoms with Gasteiger partial charge in [-0.2, -0.15) is 0 Å². The first-order valence-corrected chi connectivity index (χ1v) is 7.51. The molecule has 106 valence electrons. The Morgan fingerprint density at radius 3 is 2.65 bits per heavy atom. The van der Waals surface area contributed by atoms with Gasteiger partial charge in [-0.1, -0.05) is 6.07 Å². The molecule has 0 saturated heterocycles. The number of pyridine rings is 1. The van der Waals surface area contributed by atoms with Gasteiger partial charge in [0.05, 0.1) is 11.7 Å². The lowest BCUT2D eigenvalue weighted by atomic mass is 10.1. The van der Waals surface area contributed by atoms with E-state index in [0.717, 1.165) is 5.56 Å². The zero-order valence-electron chi connectivity index (χ0n) is 10.9. The van der Waals surface area contributed by atoms with Gasteiger partial charge in [0.1, 0.15) is 4.90 Å². The predicted octanol–water partition coefficient (Wildman–Crippen LogP) is 1.48. The minimum absolute atomic E-state index is 0.0201. The third kappa shape index (κ3) is 3.25. The second-order valence-electron chi connectivity index (χ2n) is 4.45. The first-order valence-electron chi connectivity index (χ1n) is 5.96. The van der Waals surface area contributed by atoms with Crippen molar-refractivity contribution < 1.29 is 8.42 Å². The molecular weight excluding hydrogens is 276 g/mol. The van der Waals surface area contributed by atoms with Crippen LogP contribution in [0.15, 0.2) is 47.6 Å². The Kier molecular flexibility index (Phi) is 3.91. The maximum atomic E-state index is 11.6. The van der Waals surface area contributed by atoms with Crippen LogP contribution in [-0.2, 0) is 10.0 Å². The molecule has 0 saturated carbocycles. The third-order valence-corrected chi connectivity index (χ3v) is 3.82. The SMILES string of the molecule is CC(Nc1ccc(N)cc1S(N)(=O)=O)c1cccnc1. The molecule has 1 aromatic carbocycles. The molecule has 0 fully saturated rings. The third-order valence-electron chi connectivity index (χ3n) is 2.87. The highest BCUT2D eigenvalue weighted by atomic mass is 32.2. The van der Waals surface area contributed by atoms with Gasteiger partial charge in [-0.3, -0.25) is 4.98 Å². The van der Waals surface area contributed by atoms with Gasteiger partial charge < -0.3 is 11.1 Å². The molecule has 2 rings (SSSR count). The zero-order valence-corrected chi connectivity index (χ0v) is 11.8. The van der Waals surface area contributed by atoms with Crippen molar-refractivity contribution in [1.82, 2.24) is 4.98 Å². The summed E-state index contributed by atoms with van der Waals surface area (Å²) in [6.07, 6.45) is 3.39. The molecule has 0 radical (unpaired) electrons. The lowest BCUT2D eigenvalue weighted by molar-refractivity contribution is 0.598. The van der Waals surface area contributed by atoms with Crippen molar-refractivity contribution in [2.24, 2.45) is 5.14 Å². The molecule has 20 heavy (non-hydrogen) atoms. The van der Waals surface area contributed by atoms with Gasteiger partial charge in [-0.25, -0.2) is 13.6 Å². The summed E-state index contributed by atoms with van der Waals surface area (Å²) in [4.78, 5) is 4.01. The number of hydrogen-bond donors (Lipinski definition) is 3. The lowest BCUT2D eigenvalue weighted by Gasteiger charge is -2.17. The lowest BCUT2D eigenvalue weighted by Crippen LogP contribution is -2.17. The minimum Gasteiger partial charge on any atom is -0.399 e. The second-order valence-corrected chi connectivity index (χ2v) is 5.98. The van der Waals surface area contributed by atoms with Crippen molar-refractivity contribution >= 4 is 21.4 Å². The van der Waals surface area contributed by atoms with E-state index in [4.69, 9.17) is 10.9 Å². The fourth-order valence-corrected chi connectivity index (χ4v) is 2.58. The Morgan fingerprint density at radius 2 is 2.05 bits per heavy atom. The predicted molar refractivity (Wildman–Crippen MR) is 78.5 cm³/mol. The van der Waals surface area contributed by atoms with E-state index in [1.807, 2.05) is 19.1 Å². The number of nitrogens with zero attached hydrogens (tertiary/aromatic N) is 1. The zero-order chi connectivity index (χ0) is 14.8. The topological polar surface area (TPSA) is 111 Å². The fraction of sp³-hybridized carbons (Fsp3) is 0.154. The van der Waals surface area contributed by atoms with E-state index >= 15 is 0 Å². The average molecular weight is 292 g/mol. The van der Waals surface area contributed by atoms with Crippen molar-refractivity contribution in [3.8, 4) is 0 Å². The molecule has 1 aromatic heterocycles. The van der Waals surface area contributed by atoms with Crippen LogP contribution in [0.4, 0.5) is 11.4 Å². The van der Waals surface area contributed by atoms with Crippen LogP contribution in [0.3, 0.4) is 0 Å². The molecule has 6 nitrogen and oxygen atoms in total. The monoisotopic (exact) mass is 292 g/mol. The molecule has 0 bridgehead atoms. The molecule has 1 unspecified atom stereocenters. The smallest absolute Gasteiger partial charge is 0.240 e. The van der Waals surface area contributed by atoms with E-state index in [0.29, 0.717) is 11.4 Å². The Labute approximate surface area is 117 Å². The van der Waals surface area contributed by atoms with E-state index in [1.165, 1.54) is 6.07 Å². The van der Waals surface area contributed by atoms with Gasteiger partial charge in [0.25, 0.3) is 0 Å². The van der Waals surface area contributed by atoms with Crippen LogP contribution in [0.5, 0.6) is 0 Å². The summed E-state index contributed by atoms with van der Waals surface area (Å²) in [5.41, 5.74) is 7.30. The minimum atomic E-state index is -3.84. The first kappa shape index (κ1) is 14.3. The fourth-order valence-electron chi connectivity index (χ4n) is 1.84. The largest absolute Gasteiger partial charge is 0.399 e. The van der Waals surface area contributed by atoms with Gasteiger partial charge in [-0.15, -0.1) is 0 Å². The van der Waals surface area contributed by atoms with Crippen molar-refractivity contribution in [3.63, 3.8) is 0 Å². The molecule has 7 heteroatoms. The van der Waals surface area contributed by atoms with Crippen molar-refractivity contribution in [1.29, 1.82) is 0 Å². The number of nitrogen functional groups attached to an aromatic ring is 1. The highest BCUT2D eigenvalue weighted by Gasteiger charge is 2.16. The second kappa shape index (κ2) is 5.48. The van der Waals surface area contributed by atoms with E-state index in [2.05, 4.69) is 10.3 Å². The highest BCUT2D eigenvalue weighted by molar-refractivity contribution is 7.89. The Balaban J connectivity index is 2.35. The van der Waals surface area contributed by atoms with Crippen LogP contribution in [0.2, 0.25) is 0 Å². The molecule has 5 N–H and O–H groups in total. The van der Waals surface area contributed by atoms with E-state index in [9.17, 15) is 8.42 Å². The summed E-state index contributed by atoms with van der Waals surface area (Å²) in [6, 6.07) is 8.16. The molecule has 0 amide bonds. The van der Waals surface area contributed by atoms with Crippen molar-refractivity contribution in [2.45, 2.75) is 17.9 Å². The number of nitrogens with one attached hydrogen (secondary N) is 1. The van der Waals surface area contributed by atoms with Gasteiger partial charge in [0.15, 0.2) is 0 Å². The van der Waals surface area contributed by atoms with Crippen LogP contribution in [0.25, 0.3) is 0 Å².